The highest BCUT2D eigenvalue weighted by molar-refractivity contribution is 7.92. The Bertz CT molecular complexity index is 1040. The summed E-state index contributed by atoms with van der Waals surface area (Å²) >= 11 is 5.76. The molecular weight excluding hydrogens is 370 g/mol. The maximum absolute atomic E-state index is 12.3. The smallest absolute Gasteiger partial charge is 0.444 e. The van der Waals surface area contributed by atoms with Crippen LogP contribution in [0.4, 0.5) is 5.69 Å². The third-order valence-electron chi connectivity index (χ3n) is 3.19. The Labute approximate surface area is 147 Å². The van der Waals surface area contributed by atoms with E-state index in [2.05, 4.69) is 9.82 Å². The van der Waals surface area contributed by atoms with Gasteiger partial charge in [0.1, 0.15) is 0 Å². The van der Waals surface area contributed by atoms with E-state index in [1.807, 2.05) is 0 Å². The largest absolute Gasteiger partial charge is 0.452 e. The first-order chi connectivity index (χ1) is 11.9. The van der Waals surface area contributed by atoms with Crippen LogP contribution in [0, 0.1) is 0 Å². The second-order valence-electron chi connectivity index (χ2n) is 4.86. The van der Waals surface area contributed by atoms with Gasteiger partial charge in [0.05, 0.1) is 17.7 Å². The number of nitrogens with one attached hydrogen (secondary N) is 1. The molecule has 0 saturated heterocycles. The van der Waals surface area contributed by atoms with E-state index in [1.165, 1.54) is 55.6 Å². The van der Waals surface area contributed by atoms with Crippen molar-refractivity contribution in [2.75, 3.05) is 11.8 Å². The highest BCUT2D eigenvalue weighted by atomic mass is 35.5. The fraction of sp³-hybridized carbons (Fsp3) is 0.0667. The van der Waals surface area contributed by atoms with Crippen molar-refractivity contribution in [1.82, 2.24) is 9.78 Å². The van der Waals surface area contributed by atoms with E-state index in [-0.39, 0.29) is 11.0 Å². The van der Waals surface area contributed by atoms with Crippen LogP contribution in [-0.2, 0) is 10.0 Å². The molecule has 0 aliphatic heterocycles. The van der Waals surface area contributed by atoms with E-state index < -0.39 is 15.8 Å². The maximum atomic E-state index is 12.3. The fourth-order valence-electron chi connectivity index (χ4n) is 2.00. The number of aromatic nitrogens is 2. The van der Waals surface area contributed by atoms with Crippen molar-refractivity contribution in [2.45, 2.75) is 4.90 Å². The van der Waals surface area contributed by atoms with Crippen molar-refractivity contribution < 1.29 is 17.6 Å². The van der Waals surface area contributed by atoms with E-state index in [4.69, 9.17) is 20.8 Å². The van der Waals surface area contributed by atoms with Crippen LogP contribution in [0.3, 0.4) is 0 Å². The molecule has 1 heterocycles. The summed E-state index contributed by atoms with van der Waals surface area (Å²) < 4.78 is 37.5. The molecule has 0 saturated carbocycles. The van der Waals surface area contributed by atoms with Crippen LogP contribution in [0.2, 0.25) is 5.02 Å². The van der Waals surface area contributed by atoms with Crippen LogP contribution in [0.25, 0.3) is 5.69 Å². The van der Waals surface area contributed by atoms with Crippen LogP contribution in [0.5, 0.6) is 6.08 Å². The van der Waals surface area contributed by atoms with Crippen LogP contribution < -0.4 is 15.2 Å². The zero-order valence-electron chi connectivity index (χ0n) is 12.8. The monoisotopic (exact) mass is 381 g/mol. The molecule has 0 aliphatic carbocycles. The van der Waals surface area contributed by atoms with Gasteiger partial charge >= 0.3 is 11.8 Å². The lowest BCUT2D eigenvalue weighted by Gasteiger charge is -2.08. The molecule has 8 nitrogen and oxygen atoms in total. The van der Waals surface area contributed by atoms with Gasteiger partial charge in [0.15, 0.2) is 0 Å². The van der Waals surface area contributed by atoms with E-state index >= 15 is 0 Å². The molecule has 0 atom stereocenters. The summed E-state index contributed by atoms with van der Waals surface area (Å²) in [5.74, 6) is -0.716. The molecule has 130 valence electrons. The molecule has 0 aliphatic rings. The van der Waals surface area contributed by atoms with Crippen molar-refractivity contribution in [3.05, 3.63) is 64.1 Å². The van der Waals surface area contributed by atoms with Gasteiger partial charge in [-0.05, 0) is 48.5 Å². The van der Waals surface area contributed by atoms with E-state index in [0.717, 1.165) is 4.68 Å². The van der Waals surface area contributed by atoms with Gasteiger partial charge in [-0.3, -0.25) is 4.72 Å². The van der Waals surface area contributed by atoms with E-state index in [9.17, 15) is 13.2 Å². The summed E-state index contributed by atoms with van der Waals surface area (Å²) in [4.78, 5) is 11.7. The number of methoxy groups -OCH3 is 1. The number of rotatable bonds is 5. The molecule has 0 radical (unpaired) electrons. The highest BCUT2D eigenvalue weighted by Crippen LogP contribution is 2.19. The van der Waals surface area contributed by atoms with Gasteiger partial charge in [0, 0.05) is 10.7 Å². The lowest BCUT2D eigenvalue weighted by molar-refractivity contribution is 0.282. The summed E-state index contributed by atoms with van der Waals surface area (Å²) in [6.45, 7) is 0. The quantitative estimate of drug-likeness (QED) is 0.727. The molecule has 25 heavy (non-hydrogen) atoms. The highest BCUT2D eigenvalue weighted by Gasteiger charge is 2.15. The lowest BCUT2D eigenvalue weighted by Crippen LogP contribution is -2.14. The molecule has 1 N–H and O–H groups in total. The van der Waals surface area contributed by atoms with E-state index in [1.54, 1.807) is 0 Å². The Morgan fingerprint density at radius 1 is 1.12 bits per heavy atom. The minimum atomic E-state index is -3.75. The second-order valence-corrected chi connectivity index (χ2v) is 6.97. The van der Waals surface area contributed by atoms with Crippen LogP contribution >= 0.6 is 11.6 Å². The molecule has 0 amide bonds. The number of sulfonamides is 1. The summed E-state index contributed by atoms with van der Waals surface area (Å²) in [6, 6.07) is 11.8. The SMILES string of the molecule is COc1nn(-c2ccc(NS(=O)(=O)c3ccc(Cl)cc3)cc2)c(=O)o1. The van der Waals surface area contributed by atoms with Gasteiger partial charge in [-0.2, -0.15) is 4.68 Å². The first kappa shape index (κ1) is 17.1. The summed E-state index contributed by atoms with van der Waals surface area (Å²) in [7, 11) is -2.42. The maximum Gasteiger partial charge on any atom is 0.444 e. The molecule has 3 aromatic rings. The van der Waals surface area contributed by atoms with Crippen molar-refractivity contribution in [3.63, 3.8) is 0 Å². The number of nitrogens with zero attached hydrogens (tertiary/aromatic N) is 2. The third kappa shape index (κ3) is 3.67. The Morgan fingerprint density at radius 3 is 2.32 bits per heavy atom. The van der Waals surface area contributed by atoms with Crippen molar-refractivity contribution in [1.29, 1.82) is 0 Å². The molecular formula is C15H12ClN3O5S. The third-order valence-corrected chi connectivity index (χ3v) is 4.84. The van der Waals surface area contributed by atoms with Gasteiger partial charge < -0.3 is 9.15 Å². The zero-order valence-corrected chi connectivity index (χ0v) is 14.4. The van der Waals surface area contributed by atoms with Crippen molar-refractivity contribution >= 4 is 27.3 Å². The standard InChI is InChI=1S/C15H12ClN3O5S/c1-23-14-17-19(15(20)24-14)12-6-4-11(5-7-12)18-25(21,22)13-8-2-10(16)3-9-13/h2-9,18H,1H3. The molecule has 1 aromatic heterocycles. The minimum absolute atomic E-state index is 0.0819. The average Bonchev–Trinajstić information content (AvgIpc) is 2.97. The normalized spacial score (nSPS) is 11.3. The van der Waals surface area contributed by atoms with Gasteiger partial charge in [0.2, 0.25) is 0 Å². The number of hydrogen-bond donors (Lipinski definition) is 1. The summed E-state index contributed by atoms with van der Waals surface area (Å²) in [6.07, 6.45) is -0.169. The Morgan fingerprint density at radius 2 is 1.76 bits per heavy atom. The fourth-order valence-corrected chi connectivity index (χ4v) is 3.19. The number of anilines is 1. The second kappa shape index (κ2) is 6.61. The topological polar surface area (TPSA) is 103 Å². The number of benzene rings is 2. The molecule has 0 spiro atoms. The van der Waals surface area contributed by atoms with Crippen molar-refractivity contribution in [3.8, 4) is 11.8 Å². The van der Waals surface area contributed by atoms with Crippen LogP contribution in [0.15, 0.2) is 62.6 Å². The summed E-state index contributed by atoms with van der Waals surface area (Å²) in [5.41, 5.74) is 0.716. The molecule has 0 unspecified atom stereocenters. The Kier molecular flexibility index (Phi) is 4.51. The molecule has 2 aromatic carbocycles. The van der Waals surface area contributed by atoms with Crippen LogP contribution in [0.1, 0.15) is 0 Å². The van der Waals surface area contributed by atoms with Crippen LogP contribution in [-0.4, -0.2) is 25.3 Å². The Hall–Kier alpha value is -2.78. The Balaban J connectivity index is 1.84. The van der Waals surface area contributed by atoms with Crippen molar-refractivity contribution in [2.24, 2.45) is 0 Å². The van der Waals surface area contributed by atoms with E-state index in [0.29, 0.717) is 16.4 Å². The minimum Gasteiger partial charge on any atom is -0.452 e. The zero-order chi connectivity index (χ0) is 18.0. The number of halogens is 1. The first-order valence-electron chi connectivity index (χ1n) is 6.92. The number of ether oxygens (including phenoxy) is 1. The van der Waals surface area contributed by atoms with Gasteiger partial charge in [-0.15, -0.1) is 0 Å². The molecule has 0 fully saturated rings. The molecule has 3 rings (SSSR count). The van der Waals surface area contributed by atoms with Gasteiger partial charge in [-0.25, -0.2) is 13.2 Å². The van der Waals surface area contributed by atoms with Gasteiger partial charge in [0.25, 0.3) is 10.0 Å². The molecule has 0 bridgehead atoms. The summed E-state index contributed by atoms with van der Waals surface area (Å²) in [5, 5.41) is 4.26. The average molecular weight is 382 g/mol. The predicted molar refractivity (Wildman–Crippen MR) is 90.9 cm³/mol. The number of hydrogen-bond acceptors (Lipinski definition) is 6. The van der Waals surface area contributed by atoms with Gasteiger partial charge in [-0.1, -0.05) is 16.7 Å². The predicted octanol–water partition coefficient (Wildman–Crippen LogP) is 2.29. The molecule has 10 heteroatoms. The lowest BCUT2D eigenvalue weighted by atomic mass is 10.3. The first-order valence-corrected chi connectivity index (χ1v) is 8.78.